The largest absolute Gasteiger partial charge is 0.479 e. The summed E-state index contributed by atoms with van der Waals surface area (Å²) in [7, 11) is 0. The van der Waals surface area contributed by atoms with Crippen molar-refractivity contribution < 1.29 is 58.2 Å². The van der Waals surface area contributed by atoms with Crippen LogP contribution in [0.15, 0.2) is 48.6 Å². The van der Waals surface area contributed by atoms with Gasteiger partial charge in [-0.25, -0.2) is 4.79 Å². The van der Waals surface area contributed by atoms with Crippen LogP contribution >= 0.6 is 0 Å². The topological polar surface area (TPSA) is 175 Å². The van der Waals surface area contributed by atoms with E-state index in [9.17, 15) is 34.5 Å². The van der Waals surface area contributed by atoms with Crippen molar-refractivity contribution in [3.8, 4) is 0 Å². The van der Waals surface area contributed by atoms with Crippen molar-refractivity contribution in [2.45, 2.75) is 289 Å². The van der Waals surface area contributed by atoms with Crippen molar-refractivity contribution in [1.82, 2.24) is 0 Å². The Labute approximate surface area is 431 Å². The van der Waals surface area contributed by atoms with Gasteiger partial charge >= 0.3 is 23.9 Å². The molecule has 12 heteroatoms. The number of carboxylic acid groups (broad SMARTS) is 1. The highest BCUT2D eigenvalue weighted by Gasteiger charge is 2.50. The fourth-order valence-corrected chi connectivity index (χ4v) is 8.48. The third-order valence-electron chi connectivity index (χ3n) is 12.9. The van der Waals surface area contributed by atoms with Gasteiger partial charge in [0.2, 0.25) is 0 Å². The van der Waals surface area contributed by atoms with Gasteiger partial charge in [-0.3, -0.25) is 14.4 Å². The Bertz CT molecular complexity index is 1420. The molecule has 6 atom stereocenters. The Kier molecular flexibility index (Phi) is 44.1. The van der Waals surface area contributed by atoms with E-state index in [0.717, 1.165) is 96.3 Å². The summed E-state index contributed by atoms with van der Waals surface area (Å²) in [5.74, 6) is -3.16. The minimum atomic E-state index is -1.91. The second kappa shape index (κ2) is 47.7. The fraction of sp³-hybridized carbons (Fsp3) is 0.797. The van der Waals surface area contributed by atoms with E-state index in [2.05, 4.69) is 69.4 Å². The number of rotatable bonds is 48. The molecule has 0 amide bonds. The summed E-state index contributed by atoms with van der Waals surface area (Å²) in [5, 5.41) is 31.4. The first-order chi connectivity index (χ1) is 34.6. The third-order valence-corrected chi connectivity index (χ3v) is 12.9. The molecule has 0 saturated carbocycles. The summed E-state index contributed by atoms with van der Waals surface area (Å²) in [5.41, 5.74) is 0. The third kappa shape index (κ3) is 38.0. The van der Waals surface area contributed by atoms with E-state index in [1.54, 1.807) is 0 Å². The number of unbranched alkanes of at least 4 members (excludes halogenated alkanes) is 26. The Balaban J connectivity index is 2.69. The number of allylic oxidation sites excluding steroid dienone is 8. The summed E-state index contributed by atoms with van der Waals surface area (Å²) in [6.07, 6.45) is 43.8. The molecule has 1 heterocycles. The van der Waals surface area contributed by atoms with Gasteiger partial charge in [-0.05, 0) is 70.6 Å². The van der Waals surface area contributed by atoms with Crippen LogP contribution in [-0.2, 0) is 42.9 Å². The highest BCUT2D eigenvalue weighted by molar-refractivity contribution is 5.74. The van der Waals surface area contributed by atoms with E-state index >= 15 is 0 Å². The second-order valence-corrected chi connectivity index (χ2v) is 19.5. The number of carbonyl (C=O) groups is 4. The number of ether oxygens (including phenoxy) is 5. The summed E-state index contributed by atoms with van der Waals surface area (Å²) in [6, 6.07) is 0. The molecule has 0 aromatic rings. The van der Waals surface area contributed by atoms with E-state index in [-0.39, 0.29) is 25.9 Å². The van der Waals surface area contributed by atoms with Crippen molar-refractivity contribution in [1.29, 1.82) is 0 Å². The molecule has 1 rings (SSSR count). The van der Waals surface area contributed by atoms with E-state index in [1.807, 2.05) is 0 Å². The van der Waals surface area contributed by atoms with Gasteiger partial charge in [-0.15, -0.1) is 0 Å². The number of carbonyl (C=O) groups excluding carboxylic acids is 3. The van der Waals surface area contributed by atoms with Gasteiger partial charge in [-0.2, -0.15) is 0 Å². The van der Waals surface area contributed by atoms with Gasteiger partial charge in [0.1, 0.15) is 18.8 Å². The van der Waals surface area contributed by atoms with Crippen LogP contribution in [0.3, 0.4) is 0 Å². The summed E-state index contributed by atoms with van der Waals surface area (Å²) < 4.78 is 28.3. The predicted molar refractivity (Wildman–Crippen MR) is 285 cm³/mol. The Hall–Kier alpha value is -3.32. The minimum absolute atomic E-state index is 0.0256. The molecule has 0 radical (unpaired) electrons. The van der Waals surface area contributed by atoms with E-state index in [1.165, 1.54) is 96.3 Å². The fourth-order valence-electron chi connectivity index (χ4n) is 8.48. The number of aliphatic carboxylic acids is 1. The molecule has 1 aliphatic heterocycles. The highest BCUT2D eigenvalue weighted by atomic mass is 16.7. The van der Waals surface area contributed by atoms with Crippen molar-refractivity contribution in [2.24, 2.45) is 0 Å². The molecule has 71 heavy (non-hydrogen) atoms. The highest BCUT2D eigenvalue weighted by Crippen LogP contribution is 2.26. The predicted octanol–water partition coefficient (Wildman–Crippen LogP) is 14.2. The number of aliphatic hydroxyl groups is 2. The molecule has 1 saturated heterocycles. The number of aliphatic hydroxyl groups excluding tert-OH is 2. The molecule has 0 bridgehead atoms. The molecule has 12 nitrogen and oxygen atoms in total. The van der Waals surface area contributed by atoms with Crippen LogP contribution in [-0.4, -0.2) is 89.2 Å². The molecule has 6 unspecified atom stereocenters. The lowest BCUT2D eigenvalue weighted by Crippen LogP contribution is -2.61. The molecular formula is C59H102O12. The van der Waals surface area contributed by atoms with Crippen LogP contribution < -0.4 is 0 Å². The standard InChI is InChI=1S/C59H102O12/c1-4-7-10-13-16-19-22-24-25-26-27-29-31-33-36-39-42-45-51(60)67-48-50(69-52(61)46-43-40-37-34-30-21-18-15-12-9-6-3)49-68-59-57(55(64)54(63)56(71-59)58(65)66)70-53(62)47-44-41-38-35-32-28-23-20-17-14-11-8-5-2/h8,11,15,17-18,20,28,32,50,54-57,59,63-64H,4-7,9-10,12-14,16,19,21-27,29-31,33-49H2,1-3H3,(H,65,66)/b11-8-,18-15-,20-17-,32-28-. The minimum Gasteiger partial charge on any atom is -0.479 e. The SMILES string of the molecule is CC/C=C\C/C=C\C/C=C\CCCCCC(=O)OC1C(OCC(COC(=O)CCCCCCCCCCCCCCCCCCC)OC(=O)CCCCCCC/C=C\CCCC)OC(C(=O)O)C(O)C1O. The van der Waals surface area contributed by atoms with Crippen LogP contribution in [0.1, 0.15) is 252 Å². The van der Waals surface area contributed by atoms with Gasteiger partial charge in [-0.1, -0.05) is 211 Å². The summed E-state index contributed by atoms with van der Waals surface area (Å²) in [6.45, 7) is 5.82. The first-order valence-corrected chi connectivity index (χ1v) is 28.6. The van der Waals surface area contributed by atoms with Crippen molar-refractivity contribution in [3.05, 3.63) is 48.6 Å². The van der Waals surface area contributed by atoms with Gasteiger partial charge < -0.3 is 39.0 Å². The molecule has 1 aliphatic rings. The maximum Gasteiger partial charge on any atom is 0.335 e. The van der Waals surface area contributed by atoms with Crippen molar-refractivity contribution in [3.63, 3.8) is 0 Å². The van der Waals surface area contributed by atoms with Crippen LogP contribution in [0.2, 0.25) is 0 Å². The van der Waals surface area contributed by atoms with E-state index < -0.39 is 67.3 Å². The Morgan fingerprint density at radius 2 is 0.901 bits per heavy atom. The number of hydrogen-bond donors (Lipinski definition) is 3. The molecule has 0 aliphatic carbocycles. The quantitative estimate of drug-likeness (QED) is 0.0228. The average Bonchev–Trinajstić information content (AvgIpc) is 3.35. The molecule has 1 fully saturated rings. The van der Waals surface area contributed by atoms with Gasteiger partial charge in [0.05, 0.1) is 6.61 Å². The summed E-state index contributed by atoms with van der Waals surface area (Å²) >= 11 is 0. The zero-order valence-corrected chi connectivity index (χ0v) is 45.0. The van der Waals surface area contributed by atoms with Crippen LogP contribution in [0, 0.1) is 0 Å². The molecular weight excluding hydrogens is 901 g/mol. The van der Waals surface area contributed by atoms with Crippen LogP contribution in [0.5, 0.6) is 0 Å². The van der Waals surface area contributed by atoms with Crippen LogP contribution in [0.4, 0.5) is 0 Å². The second-order valence-electron chi connectivity index (χ2n) is 19.5. The average molecular weight is 1000 g/mol. The van der Waals surface area contributed by atoms with E-state index in [4.69, 9.17) is 23.7 Å². The van der Waals surface area contributed by atoms with Gasteiger partial charge in [0.15, 0.2) is 24.6 Å². The van der Waals surface area contributed by atoms with Crippen molar-refractivity contribution >= 4 is 23.9 Å². The first kappa shape index (κ1) is 65.7. The lowest BCUT2D eigenvalue weighted by molar-refractivity contribution is -0.301. The monoisotopic (exact) mass is 1000 g/mol. The molecule has 3 N–H and O–H groups in total. The number of esters is 3. The summed E-state index contributed by atoms with van der Waals surface area (Å²) in [4.78, 5) is 50.9. The lowest BCUT2D eigenvalue weighted by atomic mass is 9.98. The Morgan fingerprint density at radius 3 is 1.42 bits per heavy atom. The van der Waals surface area contributed by atoms with Gasteiger partial charge in [0.25, 0.3) is 0 Å². The van der Waals surface area contributed by atoms with Gasteiger partial charge in [0, 0.05) is 19.3 Å². The number of hydrogen-bond acceptors (Lipinski definition) is 11. The van der Waals surface area contributed by atoms with Crippen molar-refractivity contribution in [2.75, 3.05) is 13.2 Å². The zero-order chi connectivity index (χ0) is 51.8. The smallest absolute Gasteiger partial charge is 0.335 e. The normalized spacial score (nSPS) is 18.8. The molecule has 0 aromatic carbocycles. The zero-order valence-electron chi connectivity index (χ0n) is 45.0. The lowest BCUT2D eigenvalue weighted by Gasteiger charge is -2.40. The van der Waals surface area contributed by atoms with Crippen LogP contribution in [0.25, 0.3) is 0 Å². The maximum atomic E-state index is 13.1. The molecule has 0 aromatic heterocycles. The first-order valence-electron chi connectivity index (χ1n) is 28.6. The molecule has 410 valence electrons. The Morgan fingerprint density at radius 1 is 0.479 bits per heavy atom. The molecule has 0 spiro atoms. The number of carboxylic acids is 1. The maximum absolute atomic E-state index is 13.1. The van der Waals surface area contributed by atoms with E-state index in [0.29, 0.717) is 19.3 Å².